The molecule has 1 atom stereocenters. The highest BCUT2D eigenvalue weighted by Crippen LogP contribution is 2.33. The van der Waals surface area contributed by atoms with Crippen LogP contribution < -0.4 is 0 Å². The van der Waals surface area contributed by atoms with E-state index in [-0.39, 0.29) is 11.5 Å². The largest absolute Gasteiger partial charge is 0.478 e. The van der Waals surface area contributed by atoms with Crippen molar-refractivity contribution in [2.24, 2.45) is 5.16 Å². The quantitative estimate of drug-likeness (QED) is 0.224. The second kappa shape index (κ2) is 9.87. The van der Waals surface area contributed by atoms with Crippen molar-refractivity contribution in [1.82, 2.24) is 10.2 Å². The normalized spacial score (nSPS) is 12.3. The number of nitrogens with zero attached hydrogens (tertiary/aromatic N) is 3. The first-order chi connectivity index (χ1) is 16.1. The Morgan fingerprint density at radius 2 is 1.55 bits per heavy atom. The van der Waals surface area contributed by atoms with E-state index >= 15 is 0 Å². The molecule has 1 heterocycles. The molecule has 2 N–H and O–H groups in total. The number of carboxylic acids is 1. The number of oxime groups is 1. The van der Waals surface area contributed by atoms with Crippen LogP contribution in [0, 0.1) is 6.92 Å². The number of aromatic nitrogens is 2. The summed E-state index contributed by atoms with van der Waals surface area (Å²) in [6, 6.07) is 25.0. The standard InChI is InChI=1S/C27H23N3O3/c1-18-4-2-3-5-24(18)25(16-26(30-33)23-14-15-28-29-17-23)21-10-6-19(7-11-21)20-8-12-22(13-9-20)27(31)32/h2-15,17,25,33H,16H2,1H3,(H,31,32). The molecule has 0 aliphatic heterocycles. The van der Waals surface area contributed by atoms with Gasteiger partial charge < -0.3 is 10.3 Å². The lowest BCUT2D eigenvalue weighted by Crippen LogP contribution is -2.12. The van der Waals surface area contributed by atoms with E-state index in [2.05, 4.69) is 46.5 Å². The molecule has 0 bridgehead atoms. The topological polar surface area (TPSA) is 95.7 Å². The van der Waals surface area contributed by atoms with E-state index in [1.54, 1.807) is 30.6 Å². The number of hydrogen-bond acceptors (Lipinski definition) is 5. The van der Waals surface area contributed by atoms with Crippen LogP contribution in [0.4, 0.5) is 0 Å². The maximum atomic E-state index is 11.1. The van der Waals surface area contributed by atoms with Crippen molar-refractivity contribution in [3.63, 3.8) is 0 Å². The molecule has 0 amide bonds. The molecule has 0 saturated carbocycles. The van der Waals surface area contributed by atoms with Crippen molar-refractivity contribution >= 4 is 11.7 Å². The van der Waals surface area contributed by atoms with Crippen molar-refractivity contribution < 1.29 is 15.1 Å². The SMILES string of the molecule is Cc1ccccc1C(CC(=NO)c1ccnnc1)c1ccc(-c2ccc(C(=O)O)cc2)cc1. The smallest absolute Gasteiger partial charge is 0.335 e. The molecule has 4 aromatic rings. The van der Waals surface area contributed by atoms with Crippen LogP contribution in [0.25, 0.3) is 11.1 Å². The first kappa shape index (κ1) is 21.9. The van der Waals surface area contributed by atoms with Crippen LogP contribution in [0.3, 0.4) is 0 Å². The summed E-state index contributed by atoms with van der Waals surface area (Å²) in [6.45, 7) is 2.07. The van der Waals surface area contributed by atoms with Crippen molar-refractivity contribution in [3.05, 3.63) is 119 Å². The Bertz CT molecular complexity index is 1270. The van der Waals surface area contributed by atoms with Crippen molar-refractivity contribution in [1.29, 1.82) is 0 Å². The number of aryl methyl sites for hydroxylation is 1. The molecule has 1 aromatic heterocycles. The molecule has 1 unspecified atom stereocenters. The van der Waals surface area contributed by atoms with Gasteiger partial charge in [-0.2, -0.15) is 10.2 Å². The molecule has 0 fully saturated rings. The van der Waals surface area contributed by atoms with Gasteiger partial charge in [0.1, 0.15) is 0 Å². The molecular weight excluding hydrogens is 414 g/mol. The average Bonchev–Trinajstić information content (AvgIpc) is 2.86. The summed E-state index contributed by atoms with van der Waals surface area (Å²) in [4.78, 5) is 11.1. The molecule has 0 saturated heterocycles. The Labute approximate surface area is 191 Å². The number of hydrogen-bond donors (Lipinski definition) is 2. The number of carboxylic acid groups (broad SMARTS) is 1. The predicted molar refractivity (Wildman–Crippen MR) is 127 cm³/mol. The molecular formula is C27H23N3O3. The van der Waals surface area contributed by atoms with Crippen LogP contribution in [0.5, 0.6) is 0 Å². The van der Waals surface area contributed by atoms with E-state index in [9.17, 15) is 10.0 Å². The molecule has 33 heavy (non-hydrogen) atoms. The van der Waals surface area contributed by atoms with Crippen LogP contribution in [-0.2, 0) is 0 Å². The zero-order chi connectivity index (χ0) is 23.2. The lowest BCUT2D eigenvalue weighted by atomic mass is 9.83. The number of rotatable bonds is 7. The van der Waals surface area contributed by atoms with E-state index in [4.69, 9.17) is 5.11 Å². The molecule has 164 valence electrons. The predicted octanol–water partition coefficient (Wildman–Crippen LogP) is 5.55. The maximum absolute atomic E-state index is 11.1. The Balaban J connectivity index is 1.68. The first-order valence-corrected chi connectivity index (χ1v) is 10.5. The molecule has 0 spiro atoms. The molecule has 3 aromatic carbocycles. The van der Waals surface area contributed by atoms with Crippen LogP contribution in [0.15, 0.2) is 96.4 Å². The highest BCUT2D eigenvalue weighted by molar-refractivity contribution is 6.00. The fourth-order valence-corrected chi connectivity index (χ4v) is 3.97. The van der Waals surface area contributed by atoms with Gasteiger partial charge in [-0.05, 0) is 52.9 Å². The molecule has 6 nitrogen and oxygen atoms in total. The van der Waals surface area contributed by atoms with E-state index in [0.29, 0.717) is 12.1 Å². The highest BCUT2D eigenvalue weighted by atomic mass is 16.4. The summed E-state index contributed by atoms with van der Waals surface area (Å²) in [5.74, 6) is -0.975. The van der Waals surface area contributed by atoms with E-state index in [1.165, 1.54) is 0 Å². The Morgan fingerprint density at radius 1 is 0.879 bits per heavy atom. The molecule has 0 aliphatic rings. The van der Waals surface area contributed by atoms with Crippen LogP contribution >= 0.6 is 0 Å². The molecule has 0 radical (unpaired) electrons. The average molecular weight is 437 g/mol. The van der Waals surface area contributed by atoms with Crippen molar-refractivity contribution in [2.45, 2.75) is 19.3 Å². The number of aromatic carboxylic acids is 1. The van der Waals surface area contributed by atoms with Crippen LogP contribution in [-0.4, -0.2) is 32.2 Å². The monoisotopic (exact) mass is 437 g/mol. The second-order valence-electron chi connectivity index (χ2n) is 7.80. The minimum Gasteiger partial charge on any atom is -0.478 e. The van der Waals surface area contributed by atoms with Gasteiger partial charge in [0, 0.05) is 17.9 Å². The summed E-state index contributed by atoms with van der Waals surface area (Å²) < 4.78 is 0. The summed E-state index contributed by atoms with van der Waals surface area (Å²) >= 11 is 0. The fourth-order valence-electron chi connectivity index (χ4n) is 3.97. The molecule has 0 aliphatic carbocycles. The van der Waals surface area contributed by atoms with Gasteiger partial charge in [0.2, 0.25) is 0 Å². The Kier molecular flexibility index (Phi) is 6.55. The molecule has 4 rings (SSSR count). The minimum absolute atomic E-state index is 0.0336. The van der Waals surface area contributed by atoms with Crippen LogP contribution in [0.1, 0.15) is 45.0 Å². The summed E-state index contributed by atoms with van der Waals surface area (Å²) in [7, 11) is 0. The van der Waals surface area contributed by atoms with Gasteiger partial charge in [0.05, 0.1) is 23.7 Å². The Hall–Kier alpha value is -4.32. The third kappa shape index (κ3) is 4.96. The van der Waals surface area contributed by atoms with Crippen molar-refractivity contribution in [2.75, 3.05) is 0 Å². The lowest BCUT2D eigenvalue weighted by Gasteiger charge is -2.21. The lowest BCUT2D eigenvalue weighted by molar-refractivity contribution is 0.0697. The van der Waals surface area contributed by atoms with Crippen molar-refractivity contribution in [3.8, 4) is 11.1 Å². The van der Waals surface area contributed by atoms with Gasteiger partial charge in [-0.15, -0.1) is 0 Å². The van der Waals surface area contributed by atoms with Gasteiger partial charge >= 0.3 is 5.97 Å². The van der Waals surface area contributed by atoms with Gasteiger partial charge in [0.15, 0.2) is 0 Å². The van der Waals surface area contributed by atoms with E-state index < -0.39 is 5.97 Å². The van der Waals surface area contributed by atoms with Gasteiger partial charge in [-0.1, -0.05) is 65.8 Å². The highest BCUT2D eigenvalue weighted by Gasteiger charge is 2.20. The van der Waals surface area contributed by atoms with Gasteiger partial charge in [-0.25, -0.2) is 4.79 Å². The van der Waals surface area contributed by atoms with Gasteiger partial charge in [-0.3, -0.25) is 0 Å². The second-order valence-corrected chi connectivity index (χ2v) is 7.80. The van der Waals surface area contributed by atoms with Gasteiger partial charge in [0.25, 0.3) is 0 Å². The summed E-state index contributed by atoms with van der Waals surface area (Å²) in [5.41, 5.74) is 6.84. The number of benzene rings is 3. The first-order valence-electron chi connectivity index (χ1n) is 10.5. The number of carbonyl (C=O) groups is 1. The summed E-state index contributed by atoms with van der Waals surface area (Å²) in [6.07, 6.45) is 3.65. The molecule has 6 heteroatoms. The third-order valence-electron chi connectivity index (χ3n) is 5.78. The fraction of sp³-hybridized carbons (Fsp3) is 0.111. The Morgan fingerprint density at radius 3 is 2.12 bits per heavy atom. The van der Waals surface area contributed by atoms with E-state index in [0.717, 1.165) is 33.4 Å². The minimum atomic E-state index is -0.941. The van der Waals surface area contributed by atoms with Crippen LogP contribution in [0.2, 0.25) is 0 Å². The van der Waals surface area contributed by atoms with E-state index in [1.807, 2.05) is 36.4 Å². The zero-order valence-electron chi connectivity index (χ0n) is 18.1. The summed E-state index contributed by atoms with van der Waals surface area (Å²) in [5, 5.41) is 30.1. The zero-order valence-corrected chi connectivity index (χ0v) is 18.1. The third-order valence-corrected chi connectivity index (χ3v) is 5.78. The maximum Gasteiger partial charge on any atom is 0.335 e.